The van der Waals surface area contributed by atoms with Crippen LogP contribution in [-0.4, -0.2) is 16.1 Å². The van der Waals surface area contributed by atoms with Crippen LogP contribution in [0.5, 0.6) is 0 Å². The van der Waals surface area contributed by atoms with E-state index in [0.717, 1.165) is 5.69 Å². The molecule has 0 atom stereocenters. The third kappa shape index (κ3) is 2.85. The van der Waals surface area contributed by atoms with Crippen molar-refractivity contribution in [3.05, 3.63) is 58.9 Å². The van der Waals surface area contributed by atoms with Gasteiger partial charge < -0.3 is 5.11 Å². The summed E-state index contributed by atoms with van der Waals surface area (Å²) in [5, 5.41) is 8.93. The zero-order chi connectivity index (χ0) is 13.9. The number of nitrogens with zero attached hydrogens (tertiary/aromatic N) is 1. The SMILES string of the molecule is O=C(O)c1cccc(CSc2ccc3c(c2)CCC3)n1. The highest BCUT2D eigenvalue weighted by Crippen LogP contribution is 2.29. The van der Waals surface area contributed by atoms with Crippen molar-refractivity contribution in [2.24, 2.45) is 0 Å². The molecule has 4 heteroatoms. The third-order valence-electron chi connectivity index (χ3n) is 3.48. The number of pyridine rings is 1. The summed E-state index contributed by atoms with van der Waals surface area (Å²) in [4.78, 5) is 16.3. The molecule has 1 N–H and O–H groups in total. The summed E-state index contributed by atoms with van der Waals surface area (Å²) >= 11 is 1.70. The Bertz CT molecular complexity index is 655. The molecule has 1 aromatic heterocycles. The standard InChI is InChI=1S/C16H15NO2S/c18-16(19)15-6-2-5-13(17-15)10-20-14-8-7-11-3-1-4-12(11)9-14/h2,5-9H,1,3-4,10H2,(H,18,19). The average Bonchev–Trinajstić information content (AvgIpc) is 2.93. The smallest absolute Gasteiger partial charge is 0.354 e. The van der Waals surface area contributed by atoms with E-state index in [4.69, 9.17) is 5.11 Å². The van der Waals surface area contributed by atoms with E-state index < -0.39 is 5.97 Å². The summed E-state index contributed by atoms with van der Waals surface area (Å²) in [6.45, 7) is 0. The van der Waals surface area contributed by atoms with Gasteiger partial charge in [0.05, 0.1) is 5.69 Å². The fourth-order valence-electron chi connectivity index (χ4n) is 2.47. The highest BCUT2D eigenvalue weighted by molar-refractivity contribution is 7.98. The highest BCUT2D eigenvalue weighted by atomic mass is 32.2. The van der Waals surface area contributed by atoms with E-state index in [-0.39, 0.29) is 5.69 Å². The molecule has 0 saturated heterocycles. The Balaban J connectivity index is 1.70. The number of thioether (sulfide) groups is 1. The molecule has 3 nitrogen and oxygen atoms in total. The molecule has 0 unspecified atom stereocenters. The lowest BCUT2D eigenvalue weighted by molar-refractivity contribution is 0.0690. The lowest BCUT2D eigenvalue weighted by Crippen LogP contribution is -2.01. The van der Waals surface area contributed by atoms with Crippen LogP contribution in [0.15, 0.2) is 41.3 Å². The molecule has 1 aliphatic rings. The van der Waals surface area contributed by atoms with E-state index >= 15 is 0 Å². The predicted octanol–water partition coefficient (Wildman–Crippen LogP) is 3.56. The first-order valence-electron chi connectivity index (χ1n) is 6.66. The van der Waals surface area contributed by atoms with Gasteiger partial charge >= 0.3 is 5.97 Å². The lowest BCUT2D eigenvalue weighted by Gasteiger charge is -2.05. The molecule has 20 heavy (non-hydrogen) atoms. The normalized spacial score (nSPS) is 13.2. The molecule has 0 spiro atoms. The molecule has 1 aromatic carbocycles. The fourth-order valence-corrected chi connectivity index (χ4v) is 3.34. The van der Waals surface area contributed by atoms with Gasteiger partial charge in [-0.1, -0.05) is 12.1 Å². The first kappa shape index (κ1) is 13.2. The van der Waals surface area contributed by atoms with Crippen LogP contribution in [0, 0.1) is 0 Å². The number of rotatable bonds is 4. The van der Waals surface area contributed by atoms with Crippen LogP contribution < -0.4 is 0 Å². The fraction of sp³-hybridized carbons (Fsp3) is 0.250. The van der Waals surface area contributed by atoms with E-state index in [9.17, 15) is 4.79 Å². The van der Waals surface area contributed by atoms with Crippen LogP contribution in [-0.2, 0) is 18.6 Å². The van der Waals surface area contributed by atoms with E-state index in [2.05, 4.69) is 23.2 Å². The Morgan fingerprint density at radius 2 is 2.05 bits per heavy atom. The summed E-state index contributed by atoms with van der Waals surface area (Å²) in [5.41, 5.74) is 3.84. The summed E-state index contributed by atoms with van der Waals surface area (Å²) in [6.07, 6.45) is 3.63. The summed E-state index contributed by atoms with van der Waals surface area (Å²) in [6, 6.07) is 11.8. The summed E-state index contributed by atoms with van der Waals surface area (Å²) in [5.74, 6) is -0.283. The second-order valence-electron chi connectivity index (χ2n) is 4.89. The van der Waals surface area contributed by atoms with Gasteiger partial charge in [-0.25, -0.2) is 9.78 Å². The zero-order valence-electron chi connectivity index (χ0n) is 11.0. The molecule has 0 radical (unpaired) electrons. The molecule has 102 valence electrons. The maximum absolute atomic E-state index is 10.9. The van der Waals surface area contributed by atoms with Crippen LogP contribution >= 0.6 is 11.8 Å². The molecule has 0 aliphatic heterocycles. The largest absolute Gasteiger partial charge is 0.477 e. The van der Waals surface area contributed by atoms with Crippen LogP contribution in [0.3, 0.4) is 0 Å². The molecule has 2 aromatic rings. The molecular weight excluding hydrogens is 270 g/mol. The van der Waals surface area contributed by atoms with Crippen molar-refractivity contribution in [2.45, 2.75) is 29.9 Å². The van der Waals surface area contributed by atoms with E-state index in [0.29, 0.717) is 5.75 Å². The van der Waals surface area contributed by atoms with E-state index in [1.165, 1.54) is 41.4 Å². The van der Waals surface area contributed by atoms with Crippen molar-refractivity contribution in [3.63, 3.8) is 0 Å². The first-order chi connectivity index (χ1) is 9.72. The number of fused-ring (bicyclic) bond motifs is 1. The van der Waals surface area contributed by atoms with Crippen molar-refractivity contribution in [1.29, 1.82) is 0 Å². The van der Waals surface area contributed by atoms with Gasteiger partial charge in [0.2, 0.25) is 0 Å². The van der Waals surface area contributed by atoms with Crippen molar-refractivity contribution in [1.82, 2.24) is 4.98 Å². The summed E-state index contributed by atoms with van der Waals surface area (Å²) < 4.78 is 0. The maximum Gasteiger partial charge on any atom is 0.354 e. The third-order valence-corrected chi connectivity index (χ3v) is 4.51. The Morgan fingerprint density at radius 1 is 1.20 bits per heavy atom. The van der Waals surface area contributed by atoms with Gasteiger partial charge in [0.25, 0.3) is 0 Å². The molecule has 0 fully saturated rings. The average molecular weight is 285 g/mol. The van der Waals surface area contributed by atoms with Gasteiger partial charge in [0.1, 0.15) is 5.69 Å². The van der Waals surface area contributed by atoms with Gasteiger partial charge in [0, 0.05) is 10.6 Å². The van der Waals surface area contributed by atoms with Gasteiger partial charge in [-0.15, -0.1) is 11.8 Å². The second-order valence-corrected chi connectivity index (χ2v) is 5.94. The van der Waals surface area contributed by atoms with Crippen LogP contribution in [0.25, 0.3) is 0 Å². The monoisotopic (exact) mass is 285 g/mol. The Hall–Kier alpha value is -1.81. The molecular formula is C16H15NO2S. The van der Waals surface area contributed by atoms with Crippen LogP contribution in [0.1, 0.15) is 33.7 Å². The highest BCUT2D eigenvalue weighted by Gasteiger charge is 2.11. The minimum absolute atomic E-state index is 0.108. The van der Waals surface area contributed by atoms with E-state index in [1.54, 1.807) is 17.8 Å². The van der Waals surface area contributed by atoms with Crippen LogP contribution in [0.2, 0.25) is 0 Å². The van der Waals surface area contributed by atoms with Crippen molar-refractivity contribution < 1.29 is 9.90 Å². The number of carbonyl (C=O) groups is 1. The van der Waals surface area contributed by atoms with Gasteiger partial charge in [-0.3, -0.25) is 0 Å². The van der Waals surface area contributed by atoms with Gasteiger partial charge in [-0.2, -0.15) is 0 Å². The van der Waals surface area contributed by atoms with Gasteiger partial charge in [0.15, 0.2) is 0 Å². The topological polar surface area (TPSA) is 50.2 Å². The van der Waals surface area contributed by atoms with Crippen molar-refractivity contribution in [2.75, 3.05) is 0 Å². The Kier molecular flexibility index (Phi) is 3.74. The molecule has 0 amide bonds. The molecule has 3 rings (SSSR count). The number of aromatic nitrogens is 1. The van der Waals surface area contributed by atoms with Gasteiger partial charge in [-0.05, 0) is 54.7 Å². The second kappa shape index (κ2) is 5.67. The minimum atomic E-state index is -0.977. The zero-order valence-corrected chi connectivity index (χ0v) is 11.8. The number of carboxylic acid groups (broad SMARTS) is 1. The maximum atomic E-state index is 10.9. The number of benzene rings is 1. The molecule has 1 aliphatic carbocycles. The molecule has 0 saturated carbocycles. The number of carboxylic acids is 1. The number of aromatic carboxylic acids is 1. The quantitative estimate of drug-likeness (QED) is 0.873. The van der Waals surface area contributed by atoms with Crippen molar-refractivity contribution in [3.8, 4) is 0 Å². The number of hydrogen-bond acceptors (Lipinski definition) is 3. The first-order valence-corrected chi connectivity index (χ1v) is 7.65. The Morgan fingerprint density at radius 3 is 2.90 bits per heavy atom. The molecule has 0 bridgehead atoms. The predicted molar refractivity (Wildman–Crippen MR) is 79.2 cm³/mol. The number of hydrogen-bond donors (Lipinski definition) is 1. The lowest BCUT2D eigenvalue weighted by atomic mass is 10.1. The Labute approximate surface area is 122 Å². The van der Waals surface area contributed by atoms with E-state index in [1.807, 2.05) is 6.07 Å². The van der Waals surface area contributed by atoms with Crippen LogP contribution in [0.4, 0.5) is 0 Å². The minimum Gasteiger partial charge on any atom is -0.477 e. The number of aryl methyl sites for hydroxylation is 2. The van der Waals surface area contributed by atoms with Crippen molar-refractivity contribution >= 4 is 17.7 Å². The molecule has 1 heterocycles. The summed E-state index contributed by atoms with van der Waals surface area (Å²) in [7, 11) is 0.